The van der Waals surface area contributed by atoms with Gasteiger partial charge in [0.05, 0.1) is 56.0 Å². The summed E-state index contributed by atoms with van der Waals surface area (Å²) in [6, 6.07) is 9.95. The fraction of sp³-hybridized carbons (Fsp3) is 0.351. The molecule has 2 saturated heterocycles. The Morgan fingerprint density at radius 1 is 0.944 bits per heavy atom. The van der Waals surface area contributed by atoms with E-state index in [4.69, 9.17) is 16.3 Å². The molecule has 1 N–H and O–H groups in total. The Balaban J connectivity index is 1.37. The third-order valence-corrected chi connectivity index (χ3v) is 11.5. The molecule has 17 heteroatoms. The van der Waals surface area contributed by atoms with Crippen LogP contribution in [0, 0.1) is 55.1 Å². The molecule has 1 saturated carbocycles. The maximum Gasteiger partial charge on any atom is 0.301 e. The van der Waals surface area contributed by atoms with Gasteiger partial charge in [-0.1, -0.05) is 29.3 Å². The largest absolute Gasteiger partial charge is 0.504 e. The summed E-state index contributed by atoms with van der Waals surface area (Å²) >= 11 is 6.07. The lowest BCUT2D eigenvalue weighted by atomic mass is 9.51. The number of nitrogens with zero attached hydrogens (tertiary/aromatic N) is 5. The number of anilines is 3. The fourth-order valence-electron chi connectivity index (χ4n) is 8.96. The van der Waals surface area contributed by atoms with Crippen LogP contribution in [0.5, 0.6) is 11.5 Å². The molecule has 0 spiro atoms. The molecule has 0 unspecified atom stereocenters. The van der Waals surface area contributed by atoms with Crippen molar-refractivity contribution in [1.82, 2.24) is 0 Å². The summed E-state index contributed by atoms with van der Waals surface area (Å²) < 4.78 is 19.9. The highest BCUT2D eigenvalue weighted by molar-refractivity contribution is 6.32. The number of imide groups is 2. The van der Waals surface area contributed by atoms with Gasteiger partial charge >= 0.3 is 11.4 Å². The van der Waals surface area contributed by atoms with Crippen LogP contribution in [0.25, 0.3) is 0 Å². The first-order valence-corrected chi connectivity index (χ1v) is 17.4. The standard InChI is InChI=1S/C37H33ClFN5O10/c1-5-54-29-12-17(6-11-28(29)45)31-20-8-9-21-30(22(20)16-23-34(47)42(36(49)37(23,31)2)18-7-10-25(39)24(38)13-18)35(48)41(33(21)46)19-14-26(43(50)51)32(40(3)4)27(15-19)44(52)53/h6-8,10-15,21-23,30-31,45H,5,9,16H2,1-4H3/t21-,22+,23-,30-,31-,37+/m0/s1. The molecule has 54 heavy (non-hydrogen) atoms. The fourth-order valence-corrected chi connectivity index (χ4v) is 9.13. The molecule has 2 aliphatic carbocycles. The third-order valence-electron chi connectivity index (χ3n) is 11.2. The van der Waals surface area contributed by atoms with E-state index in [1.807, 2.05) is 0 Å². The molecule has 4 amide bonds. The van der Waals surface area contributed by atoms with Crippen molar-refractivity contribution in [3.8, 4) is 11.5 Å². The van der Waals surface area contributed by atoms with Crippen molar-refractivity contribution in [3.63, 3.8) is 0 Å². The molecular weight excluding hydrogens is 729 g/mol. The molecule has 0 aromatic heterocycles. The number of nitro benzene ring substituents is 2. The van der Waals surface area contributed by atoms with E-state index in [0.717, 1.165) is 28.0 Å². The summed E-state index contributed by atoms with van der Waals surface area (Å²) in [5.41, 5.74) is -2.38. The molecule has 4 aliphatic rings. The number of aromatic hydroxyl groups is 1. The Hall–Kier alpha value is -5.90. The van der Waals surface area contributed by atoms with Crippen LogP contribution in [-0.4, -0.2) is 59.3 Å². The van der Waals surface area contributed by atoms with Crippen molar-refractivity contribution in [3.05, 3.63) is 96.8 Å². The molecule has 0 bridgehead atoms. The van der Waals surface area contributed by atoms with Gasteiger partial charge in [-0.3, -0.25) is 39.4 Å². The van der Waals surface area contributed by atoms with Crippen molar-refractivity contribution in [1.29, 1.82) is 0 Å². The number of carbonyl (C=O) groups excluding carboxylic acids is 4. The van der Waals surface area contributed by atoms with Gasteiger partial charge in [0.25, 0.3) is 0 Å². The molecule has 0 radical (unpaired) electrons. The number of hydrogen-bond acceptors (Lipinski definition) is 11. The molecule has 7 rings (SSSR count). The van der Waals surface area contributed by atoms with Crippen molar-refractivity contribution in [2.24, 2.45) is 29.1 Å². The van der Waals surface area contributed by atoms with Crippen LogP contribution in [-0.2, 0) is 19.2 Å². The Morgan fingerprint density at radius 2 is 1.61 bits per heavy atom. The van der Waals surface area contributed by atoms with E-state index in [0.29, 0.717) is 11.1 Å². The van der Waals surface area contributed by atoms with E-state index in [1.54, 1.807) is 32.1 Å². The summed E-state index contributed by atoms with van der Waals surface area (Å²) in [5, 5.41) is 34.5. The topological polar surface area (TPSA) is 194 Å². The summed E-state index contributed by atoms with van der Waals surface area (Å²) in [6.07, 6.45) is 1.73. The number of carbonyl (C=O) groups is 4. The zero-order valence-electron chi connectivity index (χ0n) is 29.3. The Morgan fingerprint density at radius 3 is 2.20 bits per heavy atom. The number of amides is 4. The number of benzene rings is 3. The van der Waals surface area contributed by atoms with Gasteiger partial charge in [0.2, 0.25) is 23.6 Å². The predicted octanol–water partition coefficient (Wildman–Crippen LogP) is 5.90. The predicted molar refractivity (Wildman–Crippen MR) is 192 cm³/mol. The lowest BCUT2D eigenvalue weighted by Crippen LogP contribution is -2.48. The van der Waals surface area contributed by atoms with Crippen LogP contribution in [0.2, 0.25) is 5.02 Å². The minimum absolute atomic E-state index is 0.0185. The summed E-state index contributed by atoms with van der Waals surface area (Å²) in [7, 11) is 2.78. The van der Waals surface area contributed by atoms with Crippen LogP contribution in [0.15, 0.2) is 60.2 Å². The highest BCUT2D eigenvalue weighted by Gasteiger charge is 2.67. The zero-order valence-corrected chi connectivity index (χ0v) is 30.1. The number of phenols is 1. The smallest absolute Gasteiger partial charge is 0.301 e. The van der Waals surface area contributed by atoms with E-state index in [9.17, 15) is 48.9 Å². The molecule has 3 aromatic rings. The summed E-state index contributed by atoms with van der Waals surface area (Å²) in [6.45, 7) is 3.56. The number of allylic oxidation sites excluding steroid dienone is 2. The molecule has 6 atom stereocenters. The van der Waals surface area contributed by atoms with Crippen LogP contribution in [0.4, 0.5) is 32.8 Å². The molecule has 3 fully saturated rings. The molecule has 15 nitrogen and oxygen atoms in total. The lowest BCUT2D eigenvalue weighted by molar-refractivity contribution is -0.392. The summed E-state index contributed by atoms with van der Waals surface area (Å²) in [4.78, 5) is 83.3. The monoisotopic (exact) mass is 761 g/mol. The van der Waals surface area contributed by atoms with Crippen molar-refractivity contribution >= 4 is 63.7 Å². The SMILES string of the molecule is CCOc1cc([C@H]2C3=CC[C@@H]4C(=O)N(c5cc([N+](=O)[O-])c(N(C)C)c([N+](=O)[O-])c5)C(=O)[C@@H]4[C@@H]3C[C@H]3C(=O)N(c4ccc(F)c(Cl)c4)C(=O)[C@@]23C)ccc1O. The van der Waals surface area contributed by atoms with Crippen molar-refractivity contribution < 1.29 is 43.3 Å². The first kappa shape index (κ1) is 36.5. The normalized spacial score (nSPS) is 26.0. The van der Waals surface area contributed by atoms with E-state index in [-0.39, 0.29) is 53.0 Å². The summed E-state index contributed by atoms with van der Waals surface area (Å²) in [5.74, 6) is -8.36. The van der Waals surface area contributed by atoms with Crippen LogP contribution in [0.3, 0.4) is 0 Å². The second-order valence-electron chi connectivity index (χ2n) is 14.2. The van der Waals surface area contributed by atoms with Gasteiger partial charge < -0.3 is 14.7 Å². The highest BCUT2D eigenvalue weighted by atomic mass is 35.5. The number of halogens is 2. The minimum Gasteiger partial charge on any atom is -0.504 e. The maximum absolute atomic E-state index is 14.7. The zero-order chi connectivity index (χ0) is 39.1. The average Bonchev–Trinajstić information content (AvgIpc) is 3.49. The molecular formula is C37H33ClFN5O10. The number of fused-ring (bicyclic) bond motifs is 4. The molecule has 2 aliphatic heterocycles. The van der Waals surface area contributed by atoms with Gasteiger partial charge in [-0.05, 0) is 68.5 Å². The van der Waals surface area contributed by atoms with Gasteiger partial charge in [0, 0.05) is 32.1 Å². The van der Waals surface area contributed by atoms with Gasteiger partial charge in [0.1, 0.15) is 5.82 Å². The highest BCUT2D eigenvalue weighted by Crippen LogP contribution is 2.64. The van der Waals surface area contributed by atoms with Gasteiger partial charge in [-0.15, -0.1) is 0 Å². The van der Waals surface area contributed by atoms with Gasteiger partial charge in [-0.2, -0.15) is 0 Å². The lowest BCUT2D eigenvalue weighted by Gasteiger charge is -2.49. The van der Waals surface area contributed by atoms with E-state index in [2.05, 4.69) is 0 Å². The number of hydrogen-bond donors (Lipinski definition) is 1. The van der Waals surface area contributed by atoms with Crippen molar-refractivity contribution in [2.45, 2.75) is 32.6 Å². The Labute approximate surface area is 311 Å². The van der Waals surface area contributed by atoms with E-state index < -0.39 is 85.7 Å². The molecule has 280 valence electrons. The van der Waals surface area contributed by atoms with Crippen LogP contribution >= 0.6 is 11.6 Å². The van der Waals surface area contributed by atoms with E-state index in [1.165, 1.54) is 37.2 Å². The first-order chi connectivity index (χ1) is 25.5. The number of rotatable bonds is 8. The van der Waals surface area contributed by atoms with E-state index >= 15 is 0 Å². The Bertz CT molecular complexity index is 2210. The number of ether oxygens (including phenoxy) is 1. The van der Waals surface area contributed by atoms with Gasteiger partial charge in [-0.25, -0.2) is 14.2 Å². The Kier molecular flexibility index (Phi) is 8.71. The third kappa shape index (κ3) is 5.21. The van der Waals surface area contributed by atoms with Crippen molar-refractivity contribution in [2.75, 3.05) is 35.4 Å². The molecule has 2 heterocycles. The quantitative estimate of drug-likeness (QED) is 0.124. The first-order valence-electron chi connectivity index (χ1n) is 17.0. The van der Waals surface area contributed by atoms with Gasteiger partial charge in [0.15, 0.2) is 17.2 Å². The van der Waals surface area contributed by atoms with Crippen LogP contribution in [0.1, 0.15) is 38.2 Å². The maximum atomic E-state index is 14.7. The second-order valence-corrected chi connectivity index (χ2v) is 14.6. The number of nitro groups is 2. The average molecular weight is 762 g/mol. The van der Waals surface area contributed by atoms with Crippen LogP contribution < -0.4 is 19.4 Å². The minimum atomic E-state index is -1.48. The second kappa shape index (κ2) is 12.9. The number of phenolic OH excluding ortho intramolecular Hbond substituents is 1. The molecule has 3 aromatic carbocycles.